The molecule has 1 nitrogen and oxygen atoms in total. The van der Waals surface area contributed by atoms with Crippen molar-refractivity contribution in [2.75, 3.05) is 0 Å². The molecule has 4 heteroatoms. The Morgan fingerprint density at radius 2 is 1.04 bits per heavy atom. The van der Waals surface area contributed by atoms with E-state index in [0.717, 1.165) is 24.8 Å². The van der Waals surface area contributed by atoms with Crippen LogP contribution in [0.4, 0.5) is 13.2 Å². The van der Waals surface area contributed by atoms with Crippen molar-refractivity contribution in [3.05, 3.63) is 89.5 Å². The third kappa shape index (κ3) is 5.61. The number of ether oxygens (including phenoxy) is 1. The Bertz CT molecular complexity index is 848. The number of rotatable bonds is 6. The Labute approximate surface area is 157 Å². The van der Waals surface area contributed by atoms with Gasteiger partial charge in [0, 0.05) is 0 Å². The highest BCUT2D eigenvalue weighted by Gasteiger charge is 2.30. The van der Waals surface area contributed by atoms with Crippen LogP contribution in [-0.2, 0) is 19.3 Å². The first-order valence-corrected chi connectivity index (χ1v) is 8.96. The SMILES string of the molecule is CCc1ccc(-c2ccc(CCc3ccc(OC(F)(F)F)cc3)cc2)cc1. The molecule has 0 amide bonds. The first-order chi connectivity index (χ1) is 12.9. The smallest absolute Gasteiger partial charge is 0.406 e. The van der Waals surface area contributed by atoms with Crippen LogP contribution in [0.25, 0.3) is 11.1 Å². The van der Waals surface area contributed by atoms with Crippen molar-refractivity contribution < 1.29 is 17.9 Å². The number of halogens is 3. The molecule has 0 spiro atoms. The third-order valence-corrected chi connectivity index (χ3v) is 4.51. The molecule has 0 aliphatic heterocycles. The minimum atomic E-state index is -4.65. The van der Waals surface area contributed by atoms with E-state index < -0.39 is 6.36 Å². The molecular weight excluding hydrogens is 349 g/mol. The molecule has 27 heavy (non-hydrogen) atoms. The van der Waals surface area contributed by atoms with Crippen molar-refractivity contribution in [1.29, 1.82) is 0 Å². The average molecular weight is 370 g/mol. The molecule has 3 aromatic rings. The lowest BCUT2D eigenvalue weighted by Crippen LogP contribution is -2.17. The van der Waals surface area contributed by atoms with Crippen LogP contribution in [0.15, 0.2) is 72.8 Å². The molecule has 0 aliphatic carbocycles. The largest absolute Gasteiger partial charge is 0.573 e. The van der Waals surface area contributed by atoms with Gasteiger partial charge in [0.05, 0.1) is 0 Å². The zero-order valence-electron chi connectivity index (χ0n) is 15.1. The molecule has 3 aromatic carbocycles. The molecule has 0 aliphatic rings. The van der Waals surface area contributed by atoms with Gasteiger partial charge in [-0.05, 0) is 59.2 Å². The van der Waals surface area contributed by atoms with Gasteiger partial charge < -0.3 is 4.74 Å². The zero-order valence-corrected chi connectivity index (χ0v) is 15.1. The highest BCUT2D eigenvalue weighted by molar-refractivity contribution is 5.64. The molecule has 0 N–H and O–H groups in total. The number of hydrogen-bond acceptors (Lipinski definition) is 1. The predicted octanol–water partition coefficient (Wildman–Crippen LogP) is 6.60. The Balaban J connectivity index is 1.58. The Kier molecular flexibility index (Phi) is 5.84. The first-order valence-electron chi connectivity index (χ1n) is 8.96. The van der Waals surface area contributed by atoms with Crippen LogP contribution in [0.3, 0.4) is 0 Å². The van der Waals surface area contributed by atoms with Crippen LogP contribution in [0.1, 0.15) is 23.6 Å². The number of hydrogen-bond donors (Lipinski definition) is 0. The van der Waals surface area contributed by atoms with E-state index in [1.807, 2.05) is 0 Å². The van der Waals surface area contributed by atoms with Crippen LogP contribution in [0, 0.1) is 0 Å². The summed E-state index contributed by atoms with van der Waals surface area (Å²) >= 11 is 0. The summed E-state index contributed by atoms with van der Waals surface area (Å²) < 4.78 is 40.4. The van der Waals surface area contributed by atoms with Crippen molar-refractivity contribution in [2.45, 2.75) is 32.5 Å². The van der Waals surface area contributed by atoms with E-state index in [0.29, 0.717) is 0 Å². The normalized spacial score (nSPS) is 11.4. The summed E-state index contributed by atoms with van der Waals surface area (Å²) in [6.07, 6.45) is -2.03. The third-order valence-electron chi connectivity index (χ3n) is 4.51. The summed E-state index contributed by atoms with van der Waals surface area (Å²) in [5, 5.41) is 0. The maximum atomic E-state index is 12.2. The van der Waals surface area contributed by atoms with Crippen molar-refractivity contribution in [3.8, 4) is 16.9 Å². The fourth-order valence-electron chi connectivity index (χ4n) is 2.94. The minimum absolute atomic E-state index is 0.190. The van der Waals surface area contributed by atoms with Gasteiger partial charge in [-0.15, -0.1) is 13.2 Å². The zero-order chi connectivity index (χ0) is 19.3. The van der Waals surface area contributed by atoms with E-state index in [2.05, 4.69) is 60.2 Å². The van der Waals surface area contributed by atoms with Crippen LogP contribution < -0.4 is 4.74 Å². The van der Waals surface area contributed by atoms with Crippen molar-refractivity contribution >= 4 is 0 Å². The van der Waals surface area contributed by atoms with Gasteiger partial charge in [-0.1, -0.05) is 67.6 Å². The van der Waals surface area contributed by atoms with E-state index in [4.69, 9.17) is 0 Å². The fourth-order valence-corrected chi connectivity index (χ4v) is 2.94. The van der Waals surface area contributed by atoms with E-state index in [9.17, 15) is 13.2 Å². The van der Waals surface area contributed by atoms with Gasteiger partial charge in [-0.3, -0.25) is 0 Å². The lowest BCUT2D eigenvalue weighted by Gasteiger charge is -2.09. The van der Waals surface area contributed by atoms with Gasteiger partial charge in [0.2, 0.25) is 0 Å². The summed E-state index contributed by atoms with van der Waals surface area (Å²) in [5.74, 6) is -0.190. The summed E-state index contributed by atoms with van der Waals surface area (Å²) in [7, 11) is 0. The van der Waals surface area contributed by atoms with Crippen LogP contribution >= 0.6 is 0 Å². The highest BCUT2D eigenvalue weighted by Crippen LogP contribution is 2.24. The second-order valence-corrected chi connectivity index (χ2v) is 6.44. The quantitative estimate of drug-likeness (QED) is 0.475. The molecule has 0 saturated heterocycles. The minimum Gasteiger partial charge on any atom is -0.406 e. The van der Waals surface area contributed by atoms with Crippen LogP contribution in [0.5, 0.6) is 5.75 Å². The first kappa shape index (κ1) is 19.0. The van der Waals surface area contributed by atoms with Crippen molar-refractivity contribution in [3.63, 3.8) is 0 Å². The van der Waals surface area contributed by atoms with E-state index in [1.54, 1.807) is 12.1 Å². The molecule has 0 aromatic heterocycles. The van der Waals surface area contributed by atoms with E-state index in [1.165, 1.54) is 34.4 Å². The molecule has 3 rings (SSSR count). The number of aryl methyl sites for hydroxylation is 3. The molecule has 0 atom stereocenters. The van der Waals surface area contributed by atoms with Gasteiger partial charge >= 0.3 is 6.36 Å². The van der Waals surface area contributed by atoms with Gasteiger partial charge in [0.1, 0.15) is 5.75 Å². The molecular formula is C23H21F3O. The van der Waals surface area contributed by atoms with Crippen molar-refractivity contribution in [1.82, 2.24) is 0 Å². The predicted molar refractivity (Wildman–Crippen MR) is 102 cm³/mol. The summed E-state index contributed by atoms with van der Waals surface area (Å²) in [4.78, 5) is 0. The molecule has 0 saturated carbocycles. The summed E-state index contributed by atoms with van der Waals surface area (Å²) in [6, 6.07) is 23.0. The number of benzene rings is 3. The number of alkyl halides is 3. The van der Waals surface area contributed by atoms with Gasteiger partial charge in [0.15, 0.2) is 0 Å². The van der Waals surface area contributed by atoms with Crippen LogP contribution in [0.2, 0.25) is 0 Å². The second kappa shape index (κ2) is 8.30. The molecule has 0 fully saturated rings. The maximum Gasteiger partial charge on any atom is 0.573 e. The Morgan fingerprint density at radius 3 is 1.44 bits per heavy atom. The monoisotopic (exact) mass is 370 g/mol. The standard InChI is InChI=1S/C23H21F3O/c1-2-17-5-11-20(12-6-17)21-13-7-18(8-14-21)3-4-19-9-15-22(16-10-19)27-23(24,25)26/h5-16H,2-4H2,1H3. The average Bonchev–Trinajstić information content (AvgIpc) is 2.67. The Hall–Kier alpha value is -2.75. The molecule has 0 radical (unpaired) electrons. The van der Waals surface area contributed by atoms with Crippen LogP contribution in [-0.4, -0.2) is 6.36 Å². The second-order valence-electron chi connectivity index (χ2n) is 6.44. The van der Waals surface area contributed by atoms with Gasteiger partial charge in [0.25, 0.3) is 0 Å². The van der Waals surface area contributed by atoms with E-state index >= 15 is 0 Å². The molecule has 140 valence electrons. The topological polar surface area (TPSA) is 9.23 Å². The molecule has 0 bridgehead atoms. The lowest BCUT2D eigenvalue weighted by molar-refractivity contribution is -0.274. The summed E-state index contributed by atoms with van der Waals surface area (Å²) in [6.45, 7) is 2.14. The van der Waals surface area contributed by atoms with E-state index in [-0.39, 0.29) is 5.75 Å². The Morgan fingerprint density at radius 1 is 0.630 bits per heavy atom. The van der Waals surface area contributed by atoms with Gasteiger partial charge in [-0.2, -0.15) is 0 Å². The maximum absolute atomic E-state index is 12.2. The highest BCUT2D eigenvalue weighted by atomic mass is 19.4. The fraction of sp³-hybridized carbons (Fsp3) is 0.217. The lowest BCUT2D eigenvalue weighted by atomic mass is 9.99. The molecule has 0 heterocycles. The molecule has 0 unspecified atom stereocenters. The van der Waals surface area contributed by atoms with Crippen molar-refractivity contribution in [2.24, 2.45) is 0 Å². The summed E-state index contributed by atoms with van der Waals surface area (Å²) in [5.41, 5.74) is 5.86. The van der Waals surface area contributed by atoms with Gasteiger partial charge in [-0.25, -0.2) is 0 Å².